The van der Waals surface area contributed by atoms with Crippen molar-refractivity contribution in [1.29, 1.82) is 0 Å². The molecule has 1 atom stereocenters. The van der Waals surface area contributed by atoms with Crippen LogP contribution in [0.2, 0.25) is 0 Å². The van der Waals surface area contributed by atoms with Gasteiger partial charge in [-0.1, -0.05) is 0 Å². The molecule has 0 radical (unpaired) electrons. The molecule has 2 aromatic rings. The normalized spacial score (nSPS) is 16.0. The van der Waals surface area contributed by atoms with Crippen LogP contribution in [0, 0.1) is 5.92 Å². The first kappa shape index (κ1) is 23.3. The molecule has 0 aliphatic heterocycles. The molecule has 1 unspecified atom stereocenters. The summed E-state index contributed by atoms with van der Waals surface area (Å²) in [5.74, 6) is 1.48. The van der Waals surface area contributed by atoms with E-state index in [1.165, 1.54) is 44.5 Å². The second-order valence-corrected chi connectivity index (χ2v) is 18.0. The van der Waals surface area contributed by atoms with E-state index in [4.69, 9.17) is 17.0 Å². The van der Waals surface area contributed by atoms with Crippen LogP contribution in [0.25, 0.3) is 17.2 Å². The van der Waals surface area contributed by atoms with Gasteiger partial charge in [0.05, 0.1) is 0 Å². The minimum absolute atomic E-state index is 0.276. The van der Waals surface area contributed by atoms with E-state index in [0.29, 0.717) is 17.8 Å². The van der Waals surface area contributed by atoms with Crippen molar-refractivity contribution in [1.82, 2.24) is 0 Å². The van der Waals surface area contributed by atoms with E-state index in [0.717, 1.165) is 6.42 Å². The van der Waals surface area contributed by atoms with Gasteiger partial charge in [-0.05, 0) is 0 Å². The summed E-state index contributed by atoms with van der Waals surface area (Å²) in [5.41, 5.74) is 11.1. The monoisotopic (exact) mass is 505 g/mol. The van der Waals surface area contributed by atoms with Gasteiger partial charge in [0.2, 0.25) is 0 Å². The second-order valence-electron chi connectivity index (χ2n) is 9.18. The predicted molar refractivity (Wildman–Crippen MR) is 127 cm³/mol. The molecule has 0 bridgehead atoms. The maximum atomic E-state index is 6.68. The Morgan fingerprint density at radius 2 is 1.45 bits per heavy atom. The molecule has 0 fully saturated rings. The summed E-state index contributed by atoms with van der Waals surface area (Å²) in [6.07, 6.45) is 3.44. The summed E-state index contributed by atoms with van der Waals surface area (Å²) >= 11 is -2.50. The summed E-state index contributed by atoms with van der Waals surface area (Å²) in [6.45, 7) is 15.9. The van der Waals surface area contributed by atoms with Crippen molar-refractivity contribution in [2.75, 3.05) is 0 Å². The number of hydrogen-bond acceptors (Lipinski definition) is 0. The maximum absolute atomic E-state index is 6.68. The molecule has 1 aliphatic carbocycles. The van der Waals surface area contributed by atoms with E-state index < -0.39 is 19.4 Å². The molecule has 1 aliphatic rings. The van der Waals surface area contributed by atoms with Gasteiger partial charge in [-0.2, -0.15) is 0 Å². The van der Waals surface area contributed by atoms with Gasteiger partial charge in [0.1, 0.15) is 0 Å². The fourth-order valence-electron chi connectivity index (χ4n) is 4.38. The van der Waals surface area contributed by atoms with E-state index in [1.807, 2.05) is 0 Å². The first-order valence-corrected chi connectivity index (χ1v) is 18.6. The van der Waals surface area contributed by atoms with Gasteiger partial charge in [0.25, 0.3) is 0 Å². The Morgan fingerprint density at radius 1 is 0.862 bits per heavy atom. The number of halogens is 2. The first-order valence-electron chi connectivity index (χ1n) is 10.9. The van der Waals surface area contributed by atoms with Crippen molar-refractivity contribution in [3.8, 4) is 11.1 Å². The Labute approximate surface area is 192 Å². The number of rotatable bonds is 6. The standard InChI is InChI=1S/C26H33.2ClH.Zr/c1-8-19-9-10-20-11-23(18(6)7)15-25(20)26(19)24-13-21(16(2)3)12-22(14-24)17(4)5;;;/h9-18H,8H2,1-7H3;2*1H;/q;;;+2/p-2. The van der Waals surface area contributed by atoms with Crippen LogP contribution in [-0.2, 0) is 25.8 Å². The van der Waals surface area contributed by atoms with E-state index in [1.54, 1.807) is 0 Å². The van der Waals surface area contributed by atoms with Gasteiger partial charge in [0.15, 0.2) is 0 Å². The molecule has 29 heavy (non-hydrogen) atoms. The zero-order valence-corrected chi connectivity index (χ0v) is 22.7. The van der Waals surface area contributed by atoms with Crippen molar-refractivity contribution in [2.45, 2.75) is 70.3 Å². The molecule has 3 rings (SSSR count). The number of allylic oxidation sites excluding steroid dienone is 1. The van der Waals surface area contributed by atoms with Gasteiger partial charge in [-0.25, -0.2) is 0 Å². The third-order valence-corrected chi connectivity index (χ3v) is 11.4. The molecule has 0 heterocycles. The summed E-state index contributed by atoms with van der Waals surface area (Å²) in [7, 11) is 13.4. The van der Waals surface area contributed by atoms with Crippen LogP contribution in [0.5, 0.6) is 0 Å². The molecular weight excluding hydrogens is 474 g/mol. The predicted octanol–water partition coefficient (Wildman–Crippen LogP) is 9.18. The van der Waals surface area contributed by atoms with Crippen LogP contribution < -0.4 is 0 Å². The number of hydrogen-bond donors (Lipinski definition) is 0. The fraction of sp³-hybridized carbons (Fsp3) is 0.462. The van der Waals surface area contributed by atoms with Gasteiger partial charge < -0.3 is 0 Å². The molecular formula is C26H33Cl2Zr. The second kappa shape index (κ2) is 9.42. The van der Waals surface area contributed by atoms with E-state index in [2.05, 4.69) is 84.9 Å². The minimum atomic E-state index is -2.50. The van der Waals surface area contributed by atoms with Gasteiger partial charge >= 0.3 is 194 Å². The van der Waals surface area contributed by atoms with Crippen molar-refractivity contribution in [3.63, 3.8) is 0 Å². The van der Waals surface area contributed by atoms with Crippen molar-refractivity contribution in [2.24, 2.45) is 5.92 Å². The molecule has 0 spiro atoms. The molecule has 0 N–H and O–H groups in total. The summed E-state index contributed by atoms with van der Waals surface area (Å²) in [6, 6.07) is 11.8. The molecule has 155 valence electrons. The number of aryl methyl sites for hydroxylation is 1. The third kappa shape index (κ3) is 4.63. The average molecular weight is 508 g/mol. The zero-order valence-electron chi connectivity index (χ0n) is 18.7. The first-order chi connectivity index (χ1) is 13.6. The van der Waals surface area contributed by atoms with E-state index in [-0.39, 0.29) is 3.63 Å². The molecule has 0 saturated heterocycles. The Bertz CT molecular complexity index is 896. The molecule has 0 amide bonds. The summed E-state index contributed by atoms with van der Waals surface area (Å²) < 4.78 is 0.276. The fourth-order valence-corrected chi connectivity index (χ4v) is 10.1. The van der Waals surface area contributed by atoms with Gasteiger partial charge in [-0.15, -0.1) is 0 Å². The van der Waals surface area contributed by atoms with Crippen LogP contribution >= 0.6 is 17.0 Å². The third-order valence-electron chi connectivity index (χ3n) is 6.19. The van der Waals surface area contributed by atoms with E-state index >= 15 is 0 Å². The molecule has 3 heteroatoms. The molecule has 2 aromatic carbocycles. The summed E-state index contributed by atoms with van der Waals surface area (Å²) in [5, 5.41) is 0. The van der Waals surface area contributed by atoms with Crippen LogP contribution in [0.1, 0.15) is 91.7 Å². The van der Waals surface area contributed by atoms with Crippen molar-refractivity contribution in [3.05, 3.63) is 63.7 Å². The Hall–Kier alpha value is -0.357. The topological polar surface area (TPSA) is 0 Å². The average Bonchev–Trinajstić information content (AvgIpc) is 3.06. The SMILES string of the molecule is CCc1ccc2c(c1-c1cc(C(C)C)cc(C(C)C)c1)C=C(C(C)C)[CH]2[Zr]([Cl])[Cl]. The van der Waals surface area contributed by atoms with Crippen LogP contribution in [0.4, 0.5) is 0 Å². The van der Waals surface area contributed by atoms with Crippen LogP contribution in [0.3, 0.4) is 0 Å². The zero-order chi connectivity index (χ0) is 21.5. The Kier molecular flexibility index (Phi) is 7.57. The van der Waals surface area contributed by atoms with Crippen LogP contribution in [0.15, 0.2) is 35.9 Å². The van der Waals surface area contributed by atoms with Crippen LogP contribution in [-0.4, -0.2) is 0 Å². The van der Waals surface area contributed by atoms with Crippen molar-refractivity contribution < 1.29 is 19.4 Å². The molecule has 0 aromatic heterocycles. The van der Waals surface area contributed by atoms with E-state index in [9.17, 15) is 0 Å². The molecule has 0 saturated carbocycles. The quantitative estimate of drug-likeness (QED) is 0.366. The Balaban J connectivity index is 2.32. The Morgan fingerprint density at radius 3 is 1.90 bits per heavy atom. The van der Waals surface area contributed by atoms with Gasteiger partial charge in [-0.3, -0.25) is 0 Å². The number of benzene rings is 2. The number of fused-ring (bicyclic) bond motifs is 1. The summed E-state index contributed by atoms with van der Waals surface area (Å²) in [4.78, 5) is 0. The van der Waals surface area contributed by atoms with Crippen molar-refractivity contribution >= 4 is 23.1 Å². The molecule has 0 nitrogen and oxygen atoms in total. The van der Waals surface area contributed by atoms with Gasteiger partial charge in [0, 0.05) is 0 Å².